The Hall–Kier alpha value is -3.43. The second kappa shape index (κ2) is 10.1. The van der Waals surface area contributed by atoms with Crippen LogP contribution in [0, 0.1) is 6.92 Å². The zero-order valence-electron chi connectivity index (χ0n) is 19.5. The van der Waals surface area contributed by atoms with Crippen LogP contribution in [0.1, 0.15) is 18.4 Å². The van der Waals surface area contributed by atoms with Gasteiger partial charge in [-0.2, -0.15) is 13.2 Å². The fourth-order valence-corrected chi connectivity index (χ4v) is 4.69. The van der Waals surface area contributed by atoms with E-state index in [1.165, 1.54) is 11.8 Å². The maximum Gasteiger partial charge on any atom is 0.490 e. The third-order valence-electron chi connectivity index (χ3n) is 5.29. The molecule has 0 radical (unpaired) electrons. The van der Waals surface area contributed by atoms with Crippen molar-refractivity contribution in [3.8, 4) is 0 Å². The summed E-state index contributed by atoms with van der Waals surface area (Å²) in [7, 11) is 0. The van der Waals surface area contributed by atoms with Crippen molar-refractivity contribution in [2.45, 2.75) is 42.5 Å². The Bertz CT molecular complexity index is 1490. The molecule has 5 heterocycles. The average Bonchev–Trinajstić information content (AvgIpc) is 3.11. The molecule has 1 aliphatic rings. The van der Waals surface area contributed by atoms with Crippen molar-refractivity contribution in [1.82, 2.24) is 29.9 Å². The van der Waals surface area contributed by atoms with E-state index < -0.39 is 12.1 Å². The van der Waals surface area contributed by atoms with Crippen molar-refractivity contribution in [3.63, 3.8) is 0 Å². The molecule has 0 saturated carbocycles. The number of halogens is 4. The highest BCUT2D eigenvalue weighted by Crippen LogP contribution is 2.38. The van der Waals surface area contributed by atoms with E-state index in [4.69, 9.17) is 42.9 Å². The summed E-state index contributed by atoms with van der Waals surface area (Å²) in [5.74, 6) is -0.976. The van der Waals surface area contributed by atoms with Gasteiger partial charge in [0.05, 0.1) is 15.9 Å². The van der Waals surface area contributed by atoms with E-state index in [9.17, 15) is 13.2 Å². The minimum absolute atomic E-state index is 0.146. The number of aliphatic carboxylic acids is 1. The zero-order valence-corrected chi connectivity index (χ0v) is 21.0. The monoisotopic (exact) mass is 555 g/mol. The number of pyridine rings is 1. The van der Waals surface area contributed by atoms with Crippen LogP contribution in [0.4, 0.5) is 24.8 Å². The lowest BCUT2D eigenvalue weighted by Gasteiger charge is -2.38. The van der Waals surface area contributed by atoms with Gasteiger partial charge in [-0.25, -0.2) is 29.7 Å². The largest absolute Gasteiger partial charge is 0.490 e. The number of rotatable bonds is 4. The third-order valence-corrected chi connectivity index (χ3v) is 6.53. The number of hydrogen-bond acceptors (Lipinski definition) is 10. The van der Waals surface area contributed by atoms with Crippen molar-refractivity contribution in [3.05, 3.63) is 28.8 Å². The van der Waals surface area contributed by atoms with E-state index >= 15 is 0 Å². The number of nitrogens with two attached hydrogens (primary N) is 2. The highest BCUT2D eigenvalue weighted by atomic mass is 35.5. The molecule has 6 N–H and O–H groups in total. The van der Waals surface area contributed by atoms with Gasteiger partial charge in [-0.3, -0.25) is 0 Å². The molecule has 196 valence electrons. The summed E-state index contributed by atoms with van der Waals surface area (Å²) in [6.07, 6.45) is -2.57. The number of nitrogens with one attached hydrogen (secondary N) is 1. The van der Waals surface area contributed by atoms with Gasteiger partial charge in [-0.05, 0) is 31.2 Å². The van der Waals surface area contributed by atoms with Crippen LogP contribution < -0.4 is 16.4 Å². The van der Waals surface area contributed by atoms with E-state index in [-0.39, 0.29) is 6.04 Å². The lowest BCUT2D eigenvalue weighted by molar-refractivity contribution is -0.192. The van der Waals surface area contributed by atoms with Crippen LogP contribution in [-0.2, 0) is 11.2 Å². The second-order valence-corrected chi connectivity index (χ2v) is 9.51. The van der Waals surface area contributed by atoms with E-state index in [2.05, 4.69) is 31.8 Å². The van der Waals surface area contributed by atoms with Crippen molar-refractivity contribution in [2.75, 3.05) is 23.7 Å². The number of nitrogen functional groups attached to an aromatic ring is 1. The standard InChI is InChI=1S/C19H20ClN9S.C2HF3O2/c1-3-11-14(20)13-17(26-11)27-19(28-18(13)29-6-9(21)7-29)30-10-4-12-15(23-5-10)16(22)25-8(2)24-12;3-2(4,5)1(6)7/h4-5,9H,3,6-7,21H2,1-2H3,(H2,22,24,25)(H,26,27,28);(H,6,7). The first kappa shape index (κ1) is 26.6. The average molecular weight is 556 g/mol. The summed E-state index contributed by atoms with van der Waals surface area (Å²) in [4.78, 5) is 37.8. The summed E-state index contributed by atoms with van der Waals surface area (Å²) < 4.78 is 31.7. The molecule has 0 bridgehead atoms. The molecule has 4 aromatic rings. The molecular weight excluding hydrogens is 535 g/mol. The van der Waals surface area contributed by atoms with Crippen molar-refractivity contribution in [2.24, 2.45) is 5.73 Å². The van der Waals surface area contributed by atoms with Crippen molar-refractivity contribution >= 4 is 63.0 Å². The van der Waals surface area contributed by atoms with Gasteiger partial charge in [0.25, 0.3) is 0 Å². The third kappa shape index (κ3) is 5.62. The number of hydrogen-bond donors (Lipinski definition) is 4. The number of H-pyrrole nitrogens is 1. The first-order valence-corrected chi connectivity index (χ1v) is 12.0. The van der Waals surface area contributed by atoms with Gasteiger partial charge in [0.1, 0.15) is 22.8 Å². The first-order chi connectivity index (χ1) is 17.4. The van der Waals surface area contributed by atoms with Gasteiger partial charge in [0.2, 0.25) is 0 Å². The zero-order chi connectivity index (χ0) is 27.1. The molecule has 0 amide bonds. The number of nitrogens with zero attached hydrogens (tertiary/aromatic N) is 6. The number of carboxylic acids is 1. The smallest absolute Gasteiger partial charge is 0.475 e. The number of fused-ring (bicyclic) bond motifs is 2. The Morgan fingerprint density at radius 2 is 1.97 bits per heavy atom. The van der Waals surface area contributed by atoms with Crippen LogP contribution in [-0.4, -0.2) is 66.3 Å². The van der Waals surface area contributed by atoms with Crippen molar-refractivity contribution < 1.29 is 23.1 Å². The Balaban J connectivity index is 0.000000405. The number of aromatic amines is 1. The van der Waals surface area contributed by atoms with Gasteiger partial charge < -0.3 is 26.5 Å². The first-order valence-electron chi connectivity index (χ1n) is 10.8. The highest BCUT2D eigenvalue weighted by Gasteiger charge is 2.38. The number of aromatic nitrogens is 6. The molecule has 0 atom stereocenters. The number of carbonyl (C=O) groups is 1. The number of aryl methyl sites for hydroxylation is 2. The van der Waals surface area contributed by atoms with E-state index in [1.807, 2.05) is 6.07 Å². The van der Waals surface area contributed by atoms with Crippen LogP contribution in [0.5, 0.6) is 0 Å². The van der Waals surface area contributed by atoms with Crippen LogP contribution in [0.2, 0.25) is 5.02 Å². The molecule has 0 spiro atoms. The normalized spacial score (nSPS) is 14.0. The Morgan fingerprint density at radius 1 is 1.30 bits per heavy atom. The lowest BCUT2D eigenvalue weighted by atomic mass is 10.1. The molecule has 0 unspecified atom stereocenters. The maximum absolute atomic E-state index is 10.6. The molecule has 11 nitrogen and oxygen atoms in total. The molecule has 4 aromatic heterocycles. The molecule has 0 aromatic carbocycles. The fraction of sp³-hybridized carbons (Fsp3) is 0.333. The van der Waals surface area contributed by atoms with Gasteiger partial charge in [-0.15, -0.1) is 0 Å². The Labute approximate surface area is 216 Å². The summed E-state index contributed by atoms with van der Waals surface area (Å²) in [5.41, 5.74) is 14.9. The molecule has 1 fully saturated rings. The van der Waals surface area contributed by atoms with Crippen LogP contribution in [0.3, 0.4) is 0 Å². The van der Waals surface area contributed by atoms with Crippen LogP contribution >= 0.6 is 23.4 Å². The summed E-state index contributed by atoms with van der Waals surface area (Å²) >= 11 is 8.03. The maximum atomic E-state index is 10.6. The van der Waals surface area contributed by atoms with Crippen LogP contribution in [0.15, 0.2) is 22.3 Å². The highest BCUT2D eigenvalue weighted by molar-refractivity contribution is 7.99. The molecule has 0 aliphatic carbocycles. The molecular formula is C21H21ClF3N9O2S. The quantitative estimate of drug-likeness (QED) is 0.272. The Morgan fingerprint density at radius 3 is 2.57 bits per heavy atom. The summed E-state index contributed by atoms with van der Waals surface area (Å²) in [5, 5.41) is 9.24. The number of anilines is 2. The molecule has 1 saturated heterocycles. The van der Waals surface area contributed by atoms with Gasteiger partial charge in [0.15, 0.2) is 11.0 Å². The van der Waals surface area contributed by atoms with Gasteiger partial charge in [-0.1, -0.05) is 18.5 Å². The fourth-order valence-electron chi connectivity index (χ4n) is 3.58. The van der Waals surface area contributed by atoms with E-state index in [0.29, 0.717) is 32.9 Å². The Kier molecular flexibility index (Phi) is 7.30. The molecule has 5 rings (SSSR count). The van der Waals surface area contributed by atoms with Crippen LogP contribution in [0.25, 0.3) is 22.1 Å². The van der Waals surface area contributed by atoms with E-state index in [0.717, 1.165) is 47.0 Å². The van der Waals surface area contributed by atoms with E-state index in [1.54, 1.807) is 13.1 Å². The molecule has 37 heavy (non-hydrogen) atoms. The SMILES string of the molecule is CCc1[nH]c2nc(Sc3cnc4c(N)nc(C)nc4c3)nc(N3CC(N)C3)c2c1Cl.O=C(O)C(F)(F)F. The molecule has 1 aliphatic heterocycles. The topological polar surface area (TPSA) is 173 Å². The van der Waals surface area contributed by atoms with Gasteiger partial charge >= 0.3 is 12.1 Å². The number of carboxylic acid groups (broad SMARTS) is 1. The number of alkyl halides is 3. The predicted molar refractivity (Wildman–Crippen MR) is 133 cm³/mol. The minimum Gasteiger partial charge on any atom is -0.475 e. The predicted octanol–water partition coefficient (Wildman–Crippen LogP) is 3.33. The summed E-state index contributed by atoms with van der Waals surface area (Å²) in [6, 6.07) is 2.07. The van der Waals surface area contributed by atoms with Crippen molar-refractivity contribution in [1.29, 1.82) is 0 Å². The molecule has 16 heteroatoms. The minimum atomic E-state index is -5.08. The van der Waals surface area contributed by atoms with Gasteiger partial charge in [0, 0.05) is 35.9 Å². The lowest BCUT2D eigenvalue weighted by Crippen LogP contribution is -2.56. The summed E-state index contributed by atoms with van der Waals surface area (Å²) in [6.45, 7) is 5.34. The second-order valence-electron chi connectivity index (χ2n) is 8.09.